The Hall–Kier alpha value is -2.11. The fourth-order valence-electron chi connectivity index (χ4n) is 1.99. The average Bonchev–Trinajstić information content (AvgIpc) is 2.54. The van der Waals surface area contributed by atoms with E-state index in [9.17, 15) is 4.79 Å². The molecule has 0 aliphatic heterocycles. The van der Waals surface area contributed by atoms with Gasteiger partial charge in [0.05, 0.1) is 37.1 Å². The Bertz CT molecular complexity index is 711. The summed E-state index contributed by atoms with van der Waals surface area (Å²) in [7, 11) is 4.50. The Morgan fingerprint density at radius 2 is 1.61 bits per heavy atom. The third-order valence-electron chi connectivity index (χ3n) is 3.12. The molecule has 0 bridgehead atoms. The monoisotopic (exact) mass is 355 g/mol. The first-order valence-corrected chi connectivity index (χ1v) is 7.32. The highest BCUT2D eigenvalue weighted by atomic mass is 35.5. The van der Waals surface area contributed by atoms with Crippen molar-refractivity contribution in [2.45, 2.75) is 0 Å². The lowest BCUT2D eigenvalue weighted by Crippen LogP contribution is -2.13. The Kier molecular flexibility index (Phi) is 5.58. The molecule has 7 heteroatoms. The summed E-state index contributed by atoms with van der Waals surface area (Å²) in [5.74, 6) is 1.03. The zero-order valence-corrected chi connectivity index (χ0v) is 14.3. The summed E-state index contributed by atoms with van der Waals surface area (Å²) in [5, 5.41) is 3.25. The number of methoxy groups -OCH3 is 3. The van der Waals surface area contributed by atoms with Crippen LogP contribution in [0.5, 0.6) is 17.2 Å². The summed E-state index contributed by atoms with van der Waals surface area (Å²) in [6, 6.07) is 8.05. The van der Waals surface area contributed by atoms with Crippen molar-refractivity contribution in [2.75, 3.05) is 26.6 Å². The average molecular weight is 356 g/mol. The highest BCUT2D eigenvalue weighted by Gasteiger charge is 2.15. The minimum absolute atomic E-state index is 0.253. The Balaban J connectivity index is 2.32. The molecule has 2 aromatic carbocycles. The molecule has 0 aliphatic rings. The highest BCUT2D eigenvalue weighted by Crippen LogP contribution is 2.35. The minimum Gasteiger partial charge on any atom is -0.497 e. The normalized spacial score (nSPS) is 10.1. The second kappa shape index (κ2) is 7.44. The number of hydrogen-bond donors (Lipinski definition) is 1. The van der Waals surface area contributed by atoms with Crippen LogP contribution in [0.25, 0.3) is 0 Å². The minimum atomic E-state index is -0.386. The van der Waals surface area contributed by atoms with E-state index >= 15 is 0 Å². The molecule has 0 heterocycles. The quantitative estimate of drug-likeness (QED) is 0.869. The molecule has 2 rings (SSSR count). The molecule has 23 heavy (non-hydrogen) atoms. The van der Waals surface area contributed by atoms with Crippen LogP contribution in [-0.2, 0) is 0 Å². The summed E-state index contributed by atoms with van der Waals surface area (Å²) in [4.78, 5) is 12.4. The predicted octanol–water partition coefficient (Wildman–Crippen LogP) is 4.27. The number of nitrogens with one attached hydrogen (secondary N) is 1. The van der Waals surface area contributed by atoms with E-state index in [1.807, 2.05) is 0 Å². The van der Waals surface area contributed by atoms with Crippen molar-refractivity contribution in [1.82, 2.24) is 0 Å². The van der Waals surface area contributed by atoms with Gasteiger partial charge in [-0.15, -0.1) is 0 Å². The topological polar surface area (TPSA) is 56.8 Å². The summed E-state index contributed by atoms with van der Waals surface area (Å²) in [6.07, 6.45) is 0. The number of ether oxygens (including phenoxy) is 3. The molecule has 0 aromatic heterocycles. The predicted molar refractivity (Wildman–Crippen MR) is 90.5 cm³/mol. The van der Waals surface area contributed by atoms with Gasteiger partial charge in [0.1, 0.15) is 11.5 Å². The van der Waals surface area contributed by atoms with Crippen LogP contribution in [0.3, 0.4) is 0 Å². The van der Waals surface area contributed by atoms with Gasteiger partial charge < -0.3 is 19.5 Å². The Morgan fingerprint density at radius 1 is 0.957 bits per heavy atom. The summed E-state index contributed by atoms with van der Waals surface area (Å²) in [6.45, 7) is 0. The zero-order valence-electron chi connectivity index (χ0n) is 12.8. The van der Waals surface area contributed by atoms with E-state index in [0.717, 1.165) is 0 Å². The molecule has 2 aromatic rings. The molecule has 5 nitrogen and oxygen atoms in total. The Labute approximate surface area is 144 Å². The van der Waals surface area contributed by atoms with Gasteiger partial charge in [-0.05, 0) is 24.3 Å². The lowest BCUT2D eigenvalue weighted by Gasteiger charge is -2.13. The standard InChI is InChI=1S/C16H15Cl2NO4/c1-21-10-4-5-14(22-2)13(8-10)19-16(20)9-6-11(17)15(23-3)12(18)7-9/h4-8H,1-3H3,(H,19,20). The van der Waals surface area contributed by atoms with E-state index in [2.05, 4.69) is 5.32 Å². The fraction of sp³-hybridized carbons (Fsp3) is 0.188. The van der Waals surface area contributed by atoms with Gasteiger partial charge in [0.2, 0.25) is 0 Å². The summed E-state index contributed by atoms with van der Waals surface area (Å²) < 4.78 is 15.4. The van der Waals surface area contributed by atoms with Crippen molar-refractivity contribution >= 4 is 34.8 Å². The SMILES string of the molecule is COc1ccc(OC)c(NC(=O)c2cc(Cl)c(OC)c(Cl)c2)c1. The molecule has 0 fully saturated rings. The Morgan fingerprint density at radius 3 is 2.13 bits per heavy atom. The van der Waals surface area contributed by atoms with E-state index in [1.54, 1.807) is 18.2 Å². The summed E-state index contributed by atoms with van der Waals surface area (Å²) >= 11 is 12.1. The number of amides is 1. The molecule has 0 unspecified atom stereocenters. The van der Waals surface area contributed by atoms with Gasteiger partial charge in [-0.3, -0.25) is 4.79 Å². The zero-order chi connectivity index (χ0) is 17.0. The fourth-order valence-corrected chi connectivity index (χ4v) is 2.63. The van der Waals surface area contributed by atoms with Crippen molar-refractivity contribution < 1.29 is 19.0 Å². The molecular weight excluding hydrogens is 341 g/mol. The smallest absolute Gasteiger partial charge is 0.255 e. The van der Waals surface area contributed by atoms with Crippen LogP contribution in [0.2, 0.25) is 10.0 Å². The van der Waals surface area contributed by atoms with Crippen LogP contribution in [0, 0.1) is 0 Å². The van der Waals surface area contributed by atoms with Crippen LogP contribution in [0.1, 0.15) is 10.4 Å². The van der Waals surface area contributed by atoms with E-state index < -0.39 is 0 Å². The second-order valence-electron chi connectivity index (χ2n) is 4.49. The van der Waals surface area contributed by atoms with Crippen LogP contribution >= 0.6 is 23.2 Å². The van der Waals surface area contributed by atoms with Crippen molar-refractivity contribution in [3.05, 3.63) is 45.9 Å². The van der Waals surface area contributed by atoms with Crippen LogP contribution in [0.15, 0.2) is 30.3 Å². The third-order valence-corrected chi connectivity index (χ3v) is 3.68. The van der Waals surface area contributed by atoms with Gasteiger partial charge in [-0.25, -0.2) is 0 Å². The molecule has 1 N–H and O–H groups in total. The molecule has 0 saturated carbocycles. The number of hydrogen-bond acceptors (Lipinski definition) is 4. The highest BCUT2D eigenvalue weighted by molar-refractivity contribution is 6.37. The van der Waals surface area contributed by atoms with Gasteiger partial charge in [0.15, 0.2) is 5.75 Å². The van der Waals surface area contributed by atoms with E-state index in [0.29, 0.717) is 28.5 Å². The second-order valence-corrected chi connectivity index (χ2v) is 5.31. The molecular formula is C16H15Cl2NO4. The third kappa shape index (κ3) is 3.81. The largest absolute Gasteiger partial charge is 0.497 e. The first-order valence-electron chi connectivity index (χ1n) is 6.56. The van der Waals surface area contributed by atoms with Gasteiger partial charge >= 0.3 is 0 Å². The van der Waals surface area contributed by atoms with Crippen LogP contribution < -0.4 is 19.5 Å². The maximum absolute atomic E-state index is 12.4. The van der Waals surface area contributed by atoms with Gasteiger partial charge in [0.25, 0.3) is 5.91 Å². The number of halogens is 2. The maximum atomic E-state index is 12.4. The molecule has 0 spiro atoms. The van der Waals surface area contributed by atoms with E-state index in [4.69, 9.17) is 37.4 Å². The van der Waals surface area contributed by atoms with Crippen LogP contribution in [0.4, 0.5) is 5.69 Å². The molecule has 0 aliphatic carbocycles. The molecule has 0 saturated heterocycles. The van der Waals surface area contributed by atoms with Crippen molar-refractivity contribution in [3.8, 4) is 17.2 Å². The number of carbonyl (C=O) groups is 1. The number of anilines is 1. The molecule has 1 amide bonds. The van der Waals surface area contributed by atoms with Gasteiger partial charge in [0, 0.05) is 11.6 Å². The first kappa shape index (κ1) is 17.2. The summed E-state index contributed by atoms with van der Waals surface area (Å²) in [5.41, 5.74) is 0.769. The van der Waals surface area contributed by atoms with E-state index in [1.165, 1.54) is 33.5 Å². The maximum Gasteiger partial charge on any atom is 0.255 e. The lowest BCUT2D eigenvalue weighted by atomic mass is 10.2. The van der Waals surface area contributed by atoms with Crippen molar-refractivity contribution in [2.24, 2.45) is 0 Å². The molecule has 0 radical (unpaired) electrons. The number of carbonyl (C=O) groups excluding carboxylic acids is 1. The molecule has 0 atom stereocenters. The number of rotatable bonds is 5. The van der Waals surface area contributed by atoms with Gasteiger partial charge in [-0.2, -0.15) is 0 Å². The lowest BCUT2D eigenvalue weighted by molar-refractivity contribution is 0.102. The first-order chi connectivity index (χ1) is 11.0. The van der Waals surface area contributed by atoms with E-state index in [-0.39, 0.29) is 16.0 Å². The number of benzene rings is 2. The molecule has 122 valence electrons. The van der Waals surface area contributed by atoms with Crippen LogP contribution in [-0.4, -0.2) is 27.2 Å². The van der Waals surface area contributed by atoms with Crippen molar-refractivity contribution in [1.29, 1.82) is 0 Å². The van der Waals surface area contributed by atoms with Gasteiger partial charge in [-0.1, -0.05) is 23.2 Å². The van der Waals surface area contributed by atoms with Crippen molar-refractivity contribution in [3.63, 3.8) is 0 Å².